The van der Waals surface area contributed by atoms with Gasteiger partial charge in [0.2, 0.25) is 5.91 Å². The van der Waals surface area contributed by atoms with Crippen molar-refractivity contribution in [2.45, 2.75) is 48.2 Å². The SMILES string of the molecule is O=C1C2=CCCCC2C(=O)N1c1cc(SC2(C(=O)O)CCC2)c(Cl)cc1F. The average Bonchev–Trinajstić information content (AvgIpc) is 2.84. The summed E-state index contributed by atoms with van der Waals surface area (Å²) in [4.78, 5) is 38.3. The van der Waals surface area contributed by atoms with E-state index in [0.29, 0.717) is 29.7 Å². The van der Waals surface area contributed by atoms with Gasteiger partial charge in [-0.1, -0.05) is 17.7 Å². The lowest BCUT2D eigenvalue weighted by molar-refractivity contribution is -0.142. The van der Waals surface area contributed by atoms with E-state index in [4.69, 9.17) is 11.6 Å². The molecular weight excluding hydrogens is 393 g/mol. The third-order valence-corrected chi connectivity index (χ3v) is 7.46. The Morgan fingerprint density at radius 1 is 1.30 bits per heavy atom. The number of carbonyl (C=O) groups is 3. The molecule has 2 amide bonds. The molecule has 1 aliphatic heterocycles. The number of carboxylic acids is 1. The zero-order valence-electron chi connectivity index (χ0n) is 14.3. The number of imide groups is 1. The number of rotatable bonds is 4. The van der Waals surface area contributed by atoms with E-state index in [1.54, 1.807) is 6.08 Å². The lowest BCUT2D eigenvalue weighted by atomic mass is 9.84. The Morgan fingerprint density at radius 3 is 2.63 bits per heavy atom. The van der Waals surface area contributed by atoms with E-state index < -0.39 is 34.3 Å². The molecule has 3 aliphatic rings. The van der Waals surface area contributed by atoms with Gasteiger partial charge in [0.15, 0.2) is 0 Å². The second-order valence-electron chi connectivity index (χ2n) is 7.11. The zero-order chi connectivity index (χ0) is 19.3. The van der Waals surface area contributed by atoms with E-state index in [1.807, 2.05) is 0 Å². The van der Waals surface area contributed by atoms with Gasteiger partial charge in [-0.2, -0.15) is 0 Å². The van der Waals surface area contributed by atoms with Crippen molar-refractivity contribution in [1.29, 1.82) is 0 Å². The van der Waals surface area contributed by atoms with Crippen LogP contribution in [-0.4, -0.2) is 27.6 Å². The highest BCUT2D eigenvalue weighted by atomic mass is 35.5. The predicted octanol–water partition coefficient (Wildman–Crippen LogP) is 4.18. The van der Waals surface area contributed by atoms with E-state index in [1.165, 1.54) is 6.07 Å². The van der Waals surface area contributed by atoms with Crippen molar-refractivity contribution in [3.63, 3.8) is 0 Å². The number of aliphatic carboxylic acids is 1. The van der Waals surface area contributed by atoms with Crippen LogP contribution in [0.5, 0.6) is 0 Å². The number of carbonyl (C=O) groups excluding carboxylic acids is 2. The normalized spacial score (nSPS) is 23.7. The van der Waals surface area contributed by atoms with E-state index in [-0.39, 0.29) is 10.7 Å². The second-order valence-corrected chi connectivity index (χ2v) is 8.94. The fourth-order valence-corrected chi connectivity index (χ4v) is 5.41. The quantitative estimate of drug-likeness (QED) is 0.755. The Bertz CT molecular complexity index is 896. The first-order valence-electron chi connectivity index (χ1n) is 8.84. The summed E-state index contributed by atoms with van der Waals surface area (Å²) in [5.41, 5.74) is 0.267. The molecule has 8 heteroatoms. The van der Waals surface area contributed by atoms with Crippen molar-refractivity contribution in [2.75, 3.05) is 4.90 Å². The van der Waals surface area contributed by atoms with Gasteiger partial charge in [-0.15, -0.1) is 11.8 Å². The standard InChI is InChI=1S/C19H17ClFNO4S/c20-12-8-13(21)14(9-15(12)27-19(18(25)26)6-3-7-19)22-16(23)10-4-1-2-5-11(10)17(22)24/h4,8-9,11H,1-3,5-7H2,(H,25,26). The molecular formula is C19H17ClFNO4S. The minimum Gasteiger partial charge on any atom is -0.480 e. The van der Waals surface area contributed by atoms with Crippen LogP contribution in [0, 0.1) is 11.7 Å². The van der Waals surface area contributed by atoms with Crippen molar-refractivity contribution in [3.8, 4) is 0 Å². The smallest absolute Gasteiger partial charge is 0.320 e. The van der Waals surface area contributed by atoms with Gasteiger partial charge in [-0.05, 0) is 50.7 Å². The Balaban J connectivity index is 1.73. The average molecular weight is 410 g/mol. The number of nitrogens with zero attached hydrogens (tertiary/aromatic N) is 1. The summed E-state index contributed by atoms with van der Waals surface area (Å²) < 4.78 is 13.6. The van der Waals surface area contributed by atoms with Crippen LogP contribution in [-0.2, 0) is 14.4 Å². The molecule has 1 aromatic carbocycles. The number of anilines is 1. The van der Waals surface area contributed by atoms with E-state index in [0.717, 1.165) is 42.0 Å². The number of hydrogen-bond donors (Lipinski definition) is 1. The molecule has 142 valence electrons. The number of benzene rings is 1. The van der Waals surface area contributed by atoms with Crippen LogP contribution in [0.15, 0.2) is 28.7 Å². The maximum Gasteiger partial charge on any atom is 0.320 e. The topological polar surface area (TPSA) is 74.7 Å². The Hall–Kier alpha value is -1.86. The minimum absolute atomic E-state index is 0.0736. The summed E-state index contributed by atoms with van der Waals surface area (Å²) in [5, 5.41) is 9.61. The lowest BCUT2D eigenvalue weighted by Gasteiger charge is -2.37. The van der Waals surface area contributed by atoms with E-state index in [9.17, 15) is 23.9 Å². The number of allylic oxidation sites excluding steroid dienone is 1. The summed E-state index contributed by atoms with van der Waals surface area (Å²) in [5.74, 6) is -3.17. The Labute approximate surface area is 164 Å². The maximum atomic E-state index is 14.6. The van der Waals surface area contributed by atoms with Crippen molar-refractivity contribution < 1.29 is 23.9 Å². The summed E-state index contributed by atoms with van der Waals surface area (Å²) >= 11 is 7.20. The van der Waals surface area contributed by atoms with Crippen LogP contribution in [0.25, 0.3) is 0 Å². The van der Waals surface area contributed by atoms with Crippen LogP contribution in [0.3, 0.4) is 0 Å². The van der Waals surface area contributed by atoms with E-state index in [2.05, 4.69) is 0 Å². The molecule has 1 unspecified atom stereocenters. The molecule has 0 bridgehead atoms. The second kappa shape index (κ2) is 6.63. The van der Waals surface area contributed by atoms with Crippen LogP contribution in [0.4, 0.5) is 10.1 Å². The van der Waals surface area contributed by atoms with Gasteiger partial charge in [-0.3, -0.25) is 14.4 Å². The monoisotopic (exact) mass is 409 g/mol. The molecule has 2 fully saturated rings. The molecule has 1 atom stereocenters. The van der Waals surface area contributed by atoms with Gasteiger partial charge in [0, 0.05) is 10.5 Å². The van der Waals surface area contributed by atoms with Crippen LogP contribution in [0.2, 0.25) is 5.02 Å². The summed E-state index contributed by atoms with van der Waals surface area (Å²) in [7, 11) is 0. The van der Waals surface area contributed by atoms with Gasteiger partial charge in [0.25, 0.3) is 5.91 Å². The molecule has 27 heavy (non-hydrogen) atoms. The Morgan fingerprint density at radius 2 is 2.04 bits per heavy atom. The first-order chi connectivity index (χ1) is 12.8. The third-order valence-electron chi connectivity index (χ3n) is 5.50. The molecule has 2 aliphatic carbocycles. The molecule has 1 heterocycles. The van der Waals surface area contributed by atoms with Crippen LogP contribution < -0.4 is 4.90 Å². The molecule has 1 saturated carbocycles. The Kier molecular flexibility index (Phi) is 4.55. The van der Waals surface area contributed by atoms with E-state index >= 15 is 0 Å². The number of halogens is 2. The lowest BCUT2D eigenvalue weighted by Crippen LogP contribution is -2.41. The highest BCUT2D eigenvalue weighted by molar-refractivity contribution is 8.01. The molecule has 1 aromatic rings. The molecule has 5 nitrogen and oxygen atoms in total. The molecule has 0 aromatic heterocycles. The number of carboxylic acid groups (broad SMARTS) is 1. The van der Waals surface area contributed by atoms with Crippen molar-refractivity contribution >= 4 is 46.8 Å². The van der Waals surface area contributed by atoms with Crippen molar-refractivity contribution in [3.05, 3.63) is 34.6 Å². The third kappa shape index (κ3) is 2.88. The summed E-state index contributed by atoms with van der Waals surface area (Å²) in [6.07, 6.45) is 5.65. The van der Waals surface area contributed by atoms with Gasteiger partial charge in [0.1, 0.15) is 10.6 Å². The molecule has 1 N–H and O–H groups in total. The first-order valence-corrected chi connectivity index (χ1v) is 10.0. The predicted molar refractivity (Wildman–Crippen MR) is 99.4 cm³/mol. The van der Waals surface area contributed by atoms with Gasteiger partial charge in [0.05, 0.1) is 16.6 Å². The van der Waals surface area contributed by atoms with Crippen molar-refractivity contribution in [1.82, 2.24) is 0 Å². The number of thioether (sulfide) groups is 1. The number of amides is 2. The number of hydrogen-bond acceptors (Lipinski definition) is 4. The molecule has 0 radical (unpaired) electrons. The molecule has 0 spiro atoms. The first kappa shape index (κ1) is 18.5. The van der Waals surface area contributed by atoms with Crippen LogP contribution in [0.1, 0.15) is 38.5 Å². The highest BCUT2D eigenvalue weighted by Crippen LogP contribution is 2.50. The minimum atomic E-state index is -0.992. The molecule has 4 rings (SSSR count). The van der Waals surface area contributed by atoms with Crippen LogP contribution >= 0.6 is 23.4 Å². The van der Waals surface area contributed by atoms with Gasteiger partial charge >= 0.3 is 5.97 Å². The van der Waals surface area contributed by atoms with Gasteiger partial charge < -0.3 is 5.11 Å². The fraction of sp³-hybridized carbons (Fsp3) is 0.421. The number of fused-ring (bicyclic) bond motifs is 1. The van der Waals surface area contributed by atoms with Crippen molar-refractivity contribution in [2.24, 2.45) is 5.92 Å². The highest BCUT2D eigenvalue weighted by Gasteiger charge is 2.47. The molecule has 1 saturated heterocycles. The summed E-state index contributed by atoms with van der Waals surface area (Å²) in [6, 6.07) is 2.38. The zero-order valence-corrected chi connectivity index (χ0v) is 15.9. The summed E-state index contributed by atoms with van der Waals surface area (Å²) in [6.45, 7) is 0. The fourth-order valence-electron chi connectivity index (χ4n) is 3.82. The van der Waals surface area contributed by atoms with Gasteiger partial charge in [-0.25, -0.2) is 9.29 Å². The largest absolute Gasteiger partial charge is 0.480 e. The maximum absolute atomic E-state index is 14.6.